The van der Waals surface area contributed by atoms with E-state index in [1.165, 1.54) is 0 Å². The molecule has 1 unspecified atom stereocenters. The summed E-state index contributed by atoms with van der Waals surface area (Å²) in [5.41, 5.74) is 4.32. The van der Waals surface area contributed by atoms with Crippen LogP contribution in [0.2, 0.25) is 0 Å². The summed E-state index contributed by atoms with van der Waals surface area (Å²) in [5, 5.41) is -6.26. The summed E-state index contributed by atoms with van der Waals surface area (Å²) in [6, 6.07) is 0. The van der Waals surface area contributed by atoms with E-state index < -0.39 is 64.0 Å². The van der Waals surface area contributed by atoms with Crippen LogP contribution < -0.4 is 5.73 Å². The Hall–Kier alpha value is -2.01. The van der Waals surface area contributed by atoms with Crippen molar-refractivity contribution in [3.05, 3.63) is 12.4 Å². The van der Waals surface area contributed by atoms with Crippen molar-refractivity contribution in [1.82, 2.24) is 0 Å². The van der Waals surface area contributed by atoms with Gasteiger partial charge in [0.1, 0.15) is 0 Å². The van der Waals surface area contributed by atoms with Gasteiger partial charge in [-0.25, -0.2) is 13.2 Å². The van der Waals surface area contributed by atoms with Crippen molar-refractivity contribution in [2.75, 3.05) is 6.61 Å². The molecule has 0 heterocycles. The lowest BCUT2D eigenvalue weighted by Gasteiger charge is -2.33. The fraction of sp³-hybridized carbons (Fsp3) is 0.600. The van der Waals surface area contributed by atoms with Gasteiger partial charge in [0.15, 0.2) is 10.1 Å². The predicted molar refractivity (Wildman–Crippen MR) is 64.5 cm³/mol. The highest BCUT2D eigenvalue weighted by atomic mass is 32.2. The quantitative estimate of drug-likeness (QED) is 0.186. The monoisotopic (exact) mass is 438 g/mol. The normalized spacial score (nSPS) is 15.7. The van der Waals surface area contributed by atoms with E-state index in [1.54, 1.807) is 0 Å². The number of rotatable bonds is 9. The molecule has 0 aromatic heterocycles. The molecule has 0 aromatic rings. The number of ether oxygens (including phenoxy) is 2. The second kappa shape index (κ2) is 7.55. The number of nitrogens with two attached hydrogens (primary N) is 1. The van der Waals surface area contributed by atoms with Crippen LogP contribution in [-0.2, 0) is 29.2 Å². The van der Waals surface area contributed by atoms with Crippen LogP contribution in [-0.4, -0.2) is 54.6 Å². The van der Waals surface area contributed by atoms with Crippen molar-refractivity contribution in [2.45, 2.75) is 29.6 Å². The van der Waals surface area contributed by atoms with Crippen molar-refractivity contribution in [3.8, 4) is 0 Å². The first-order chi connectivity index (χ1) is 11.7. The minimum absolute atomic E-state index is 2.21. The Morgan fingerprint density at radius 2 is 1.52 bits per heavy atom. The zero-order valence-corrected chi connectivity index (χ0v) is 13.3. The van der Waals surface area contributed by atoms with Gasteiger partial charge in [-0.3, -0.25) is 4.79 Å². The van der Waals surface area contributed by atoms with E-state index in [2.05, 4.69) is 21.8 Å². The third-order valence-electron chi connectivity index (χ3n) is 2.62. The molecule has 17 heteroatoms. The number of carbonyl (C=O) groups excluding carboxylic acids is 2. The summed E-state index contributed by atoms with van der Waals surface area (Å²) >= 11 is 0. The number of amides is 1. The number of hydrogen-bond acceptors (Lipinski definition) is 7. The summed E-state index contributed by atoms with van der Waals surface area (Å²) < 4.78 is 141. The molecule has 0 bridgehead atoms. The van der Waals surface area contributed by atoms with Gasteiger partial charge in [-0.2, -0.15) is 35.1 Å². The SMILES string of the molecule is C=C(F)C(=O)OC(OCCC(F)(F)C(F)(F)S(=O)(=O)[O-])(C(N)=O)C(F)(F)F. The van der Waals surface area contributed by atoms with E-state index in [0.717, 1.165) is 0 Å². The van der Waals surface area contributed by atoms with Crippen LogP contribution in [0, 0.1) is 0 Å². The van der Waals surface area contributed by atoms with Gasteiger partial charge in [0, 0.05) is 6.42 Å². The number of hydrogen-bond donors (Lipinski definition) is 1. The number of halogens is 8. The largest absolute Gasteiger partial charge is 0.743 e. The predicted octanol–water partition coefficient (Wildman–Crippen LogP) is 0.937. The van der Waals surface area contributed by atoms with Gasteiger partial charge in [0.2, 0.25) is 5.83 Å². The van der Waals surface area contributed by atoms with Gasteiger partial charge in [0.05, 0.1) is 6.61 Å². The molecule has 0 rings (SSSR count). The molecule has 0 aliphatic carbocycles. The van der Waals surface area contributed by atoms with Crippen LogP contribution in [0.3, 0.4) is 0 Å². The lowest BCUT2D eigenvalue weighted by Crippen LogP contribution is -2.60. The second-order valence-corrected chi connectivity index (χ2v) is 5.97. The van der Waals surface area contributed by atoms with Crippen molar-refractivity contribution in [1.29, 1.82) is 0 Å². The molecule has 158 valence electrons. The average molecular weight is 438 g/mol. The van der Waals surface area contributed by atoms with Gasteiger partial charge in [-0.05, 0) is 0 Å². The van der Waals surface area contributed by atoms with Gasteiger partial charge in [-0.1, -0.05) is 6.58 Å². The van der Waals surface area contributed by atoms with Crippen LogP contribution in [0.5, 0.6) is 0 Å². The minimum Gasteiger partial charge on any atom is -0.743 e. The maximum atomic E-state index is 13.2. The van der Waals surface area contributed by atoms with Crippen molar-refractivity contribution in [3.63, 3.8) is 0 Å². The van der Waals surface area contributed by atoms with Crippen LogP contribution in [0.1, 0.15) is 6.42 Å². The van der Waals surface area contributed by atoms with E-state index >= 15 is 0 Å². The zero-order chi connectivity index (χ0) is 22.1. The Kier molecular flexibility index (Phi) is 6.98. The molecule has 0 spiro atoms. The maximum Gasteiger partial charge on any atom is 0.466 e. The minimum atomic E-state index is -6.95. The second-order valence-electron chi connectivity index (χ2n) is 4.55. The molecule has 0 radical (unpaired) electrons. The first-order valence-corrected chi connectivity index (χ1v) is 7.43. The van der Waals surface area contributed by atoms with E-state index in [1.807, 2.05) is 0 Å². The molecule has 0 fully saturated rings. The summed E-state index contributed by atoms with van der Waals surface area (Å²) in [6.07, 6.45) is -8.70. The summed E-state index contributed by atoms with van der Waals surface area (Å²) in [7, 11) is -6.95. The fourth-order valence-electron chi connectivity index (χ4n) is 1.27. The molecule has 2 N–H and O–H groups in total. The lowest BCUT2D eigenvalue weighted by atomic mass is 10.2. The molecule has 0 aliphatic rings. The van der Waals surface area contributed by atoms with Gasteiger partial charge in [0.25, 0.3) is 0 Å². The number of carbonyl (C=O) groups is 2. The first kappa shape index (κ1) is 25.0. The first-order valence-electron chi connectivity index (χ1n) is 6.02. The molecule has 0 saturated carbocycles. The topological polar surface area (TPSA) is 136 Å². The van der Waals surface area contributed by atoms with E-state index in [4.69, 9.17) is 0 Å². The Balaban J connectivity index is 5.71. The van der Waals surface area contributed by atoms with Crippen molar-refractivity contribution in [2.24, 2.45) is 5.73 Å². The zero-order valence-electron chi connectivity index (χ0n) is 12.5. The molecule has 27 heavy (non-hydrogen) atoms. The van der Waals surface area contributed by atoms with Crippen LogP contribution in [0.15, 0.2) is 12.4 Å². The Morgan fingerprint density at radius 3 is 1.81 bits per heavy atom. The van der Waals surface area contributed by atoms with Crippen molar-refractivity contribution >= 4 is 22.0 Å². The average Bonchev–Trinajstić information content (AvgIpc) is 2.42. The van der Waals surface area contributed by atoms with E-state index in [-0.39, 0.29) is 0 Å². The number of primary amides is 1. The molecular formula is C10H8F8NO7S-. The Bertz CT molecular complexity index is 720. The molecule has 0 aliphatic heterocycles. The number of esters is 1. The lowest BCUT2D eigenvalue weighted by molar-refractivity contribution is -0.348. The Labute approximate surface area is 144 Å². The van der Waals surface area contributed by atoms with Crippen molar-refractivity contribution < 1.29 is 67.2 Å². The molecule has 0 saturated heterocycles. The summed E-state index contributed by atoms with van der Waals surface area (Å²) in [4.78, 5) is 21.9. The highest BCUT2D eigenvalue weighted by Gasteiger charge is 2.67. The molecule has 1 amide bonds. The van der Waals surface area contributed by atoms with Gasteiger partial charge in [-0.15, -0.1) is 0 Å². The number of alkyl halides is 7. The third kappa shape index (κ3) is 5.04. The van der Waals surface area contributed by atoms with Gasteiger partial charge >= 0.3 is 35.0 Å². The highest BCUT2D eigenvalue weighted by Crippen LogP contribution is 2.42. The van der Waals surface area contributed by atoms with Crippen LogP contribution in [0.4, 0.5) is 35.1 Å². The smallest absolute Gasteiger partial charge is 0.466 e. The molecular weight excluding hydrogens is 430 g/mol. The van der Waals surface area contributed by atoms with E-state index in [9.17, 15) is 57.7 Å². The standard InChI is InChI=1S/C10H9F8NO7S/c1-4(11)5(20)26-8(6(19)21,9(14,15)16)25-3-2-7(12,13)10(17,18)27(22,23)24/h1-3H2,(H2,19,21)(H,22,23,24)/p-1. The van der Waals surface area contributed by atoms with Crippen LogP contribution in [0.25, 0.3) is 0 Å². The third-order valence-corrected chi connectivity index (χ3v) is 3.54. The molecule has 0 aromatic carbocycles. The molecule has 8 nitrogen and oxygen atoms in total. The fourth-order valence-corrected chi connectivity index (χ4v) is 1.74. The van der Waals surface area contributed by atoms with Crippen LogP contribution >= 0.6 is 0 Å². The Morgan fingerprint density at radius 1 is 1.07 bits per heavy atom. The maximum absolute atomic E-state index is 13.2. The molecule has 1 atom stereocenters. The van der Waals surface area contributed by atoms with Gasteiger partial charge < -0.3 is 19.8 Å². The highest BCUT2D eigenvalue weighted by molar-refractivity contribution is 7.86. The summed E-state index contributed by atoms with van der Waals surface area (Å²) in [6.45, 7) is -0.0208. The summed E-state index contributed by atoms with van der Waals surface area (Å²) in [5.74, 6) is -18.2. The van der Waals surface area contributed by atoms with E-state index in [0.29, 0.717) is 0 Å².